The topological polar surface area (TPSA) is 87.3 Å². The van der Waals surface area contributed by atoms with Gasteiger partial charge in [-0.25, -0.2) is 9.18 Å². The fraction of sp³-hybridized carbons (Fsp3) is 0.471. The molecular formula is C17H22FN3O3. The van der Waals surface area contributed by atoms with Gasteiger partial charge in [0.1, 0.15) is 11.9 Å². The Morgan fingerprint density at radius 3 is 2.38 bits per heavy atom. The van der Waals surface area contributed by atoms with Gasteiger partial charge in [0.2, 0.25) is 5.91 Å². The molecule has 2 atom stereocenters. The molecule has 1 fully saturated rings. The van der Waals surface area contributed by atoms with E-state index in [-0.39, 0.29) is 29.6 Å². The minimum atomic E-state index is -0.860. The van der Waals surface area contributed by atoms with Crippen LogP contribution >= 0.6 is 0 Å². The van der Waals surface area contributed by atoms with Crippen molar-refractivity contribution in [2.24, 2.45) is 5.41 Å². The molecule has 3 N–H and O–H groups in total. The average Bonchev–Trinajstić information content (AvgIpc) is 2.75. The summed E-state index contributed by atoms with van der Waals surface area (Å²) in [5.41, 5.74) is 0.727. The average molecular weight is 335 g/mol. The summed E-state index contributed by atoms with van der Waals surface area (Å²) in [4.78, 5) is 34.9. The maximum atomic E-state index is 13.1. The Kier molecular flexibility index (Phi) is 5.21. The molecule has 7 heteroatoms. The summed E-state index contributed by atoms with van der Waals surface area (Å²) in [5, 5.41) is 7.36. The van der Waals surface area contributed by atoms with Crippen LogP contribution in [0.4, 0.5) is 9.18 Å². The van der Waals surface area contributed by atoms with Crippen molar-refractivity contribution in [1.29, 1.82) is 0 Å². The molecule has 4 amide bonds. The van der Waals surface area contributed by atoms with Crippen molar-refractivity contribution in [2.75, 3.05) is 0 Å². The molecule has 1 aliphatic rings. The van der Waals surface area contributed by atoms with Gasteiger partial charge >= 0.3 is 6.03 Å². The van der Waals surface area contributed by atoms with Crippen molar-refractivity contribution in [3.05, 3.63) is 35.6 Å². The lowest BCUT2D eigenvalue weighted by atomic mass is 9.85. The van der Waals surface area contributed by atoms with Crippen LogP contribution in [-0.4, -0.2) is 23.9 Å². The van der Waals surface area contributed by atoms with E-state index in [1.807, 2.05) is 20.8 Å². The zero-order valence-electron chi connectivity index (χ0n) is 14.0. The SMILES string of the molecule is CC(C)(C)CC(NC(=O)CC1NC(=O)NC1=O)c1ccc(F)cc1. The monoisotopic (exact) mass is 335 g/mol. The molecule has 1 aliphatic heterocycles. The van der Waals surface area contributed by atoms with Gasteiger partial charge in [-0.1, -0.05) is 32.9 Å². The predicted molar refractivity (Wildman–Crippen MR) is 86.4 cm³/mol. The molecule has 130 valence electrons. The van der Waals surface area contributed by atoms with Crippen LogP contribution in [0, 0.1) is 11.2 Å². The Morgan fingerprint density at radius 2 is 1.88 bits per heavy atom. The van der Waals surface area contributed by atoms with Crippen molar-refractivity contribution < 1.29 is 18.8 Å². The highest BCUT2D eigenvalue weighted by Crippen LogP contribution is 2.29. The summed E-state index contributed by atoms with van der Waals surface area (Å²) in [5.74, 6) is -1.20. The third-order valence-corrected chi connectivity index (χ3v) is 3.67. The van der Waals surface area contributed by atoms with Crippen LogP contribution in [0.3, 0.4) is 0 Å². The summed E-state index contributed by atoms with van der Waals surface area (Å²) in [6.45, 7) is 6.13. The number of hydrogen-bond acceptors (Lipinski definition) is 3. The molecule has 1 heterocycles. The second-order valence-corrected chi connectivity index (χ2v) is 7.16. The summed E-state index contributed by atoms with van der Waals surface area (Å²) < 4.78 is 13.1. The second-order valence-electron chi connectivity index (χ2n) is 7.16. The van der Waals surface area contributed by atoms with E-state index in [4.69, 9.17) is 0 Å². The third kappa shape index (κ3) is 5.04. The predicted octanol–water partition coefficient (Wildman–Crippen LogP) is 2.02. The fourth-order valence-electron chi connectivity index (χ4n) is 2.60. The molecule has 0 bridgehead atoms. The highest BCUT2D eigenvalue weighted by Gasteiger charge is 2.32. The van der Waals surface area contributed by atoms with Gasteiger partial charge in [-0.15, -0.1) is 0 Å². The highest BCUT2D eigenvalue weighted by atomic mass is 19.1. The summed E-state index contributed by atoms with van der Waals surface area (Å²) in [6, 6.07) is 4.21. The number of carbonyl (C=O) groups excluding carboxylic acids is 3. The van der Waals surface area contributed by atoms with Crippen LogP contribution in [0.5, 0.6) is 0 Å². The van der Waals surface area contributed by atoms with Gasteiger partial charge < -0.3 is 10.6 Å². The molecule has 0 spiro atoms. The molecule has 2 rings (SSSR count). The number of amides is 4. The first kappa shape index (κ1) is 17.9. The van der Waals surface area contributed by atoms with Crippen molar-refractivity contribution in [2.45, 2.75) is 45.7 Å². The van der Waals surface area contributed by atoms with Gasteiger partial charge in [-0.05, 0) is 29.5 Å². The smallest absolute Gasteiger partial charge is 0.322 e. The van der Waals surface area contributed by atoms with Gasteiger partial charge in [0.25, 0.3) is 5.91 Å². The summed E-state index contributed by atoms with van der Waals surface area (Å²) >= 11 is 0. The molecule has 24 heavy (non-hydrogen) atoms. The lowest BCUT2D eigenvalue weighted by Crippen LogP contribution is -2.38. The van der Waals surface area contributed by atoms with Gasteiger partial charge in [0, 0.05) is 0 Å². The number of benzene rings is 1. The van der Waals surface area contributed by atoms with Gasteiger partial charge in [-0.3, -0.25) is 14.9 Å². The Bertz CT molecular complexity index is 637. The number of imide groups is 1. The molecule has 0 radical (unpaired) electrons. The van der Waals surface area contributed by atoms with E-state index in [1.165, 1.54) is 12.1 Å². The van der Waals surface area contributed by atoms with Crippen molar-refractivity contribution in [1.82, 2.24) is 16.0 Å². The van der Waals surface area contributed by atoms with Gasteiger partial charge in [0.05, 0.1) is 12.5 Å². The lowest BCUT2D eigenvalue weighted by molar-refractivity contribution is -0.127. The molecule has 1 saturated heterocycles. The molecule has 0 saturated carbocycles. The van der Waals surface area contributed by atoms with Crippen LogP contribution in [0.15, 0.2) is 24.3 Å². The minimum Gasteiger partial charge on any atom is -0.349 e. The first-order chi connectivity index (χ1) is 11.1. The van der Waals surface area contributed by atoms with E-state index < -0.39 is 18.0 Å². The molecule has 0 aromatic heterocycles. The zero-order chi connectivity index (χ0) is 17.9. The maximum absolute atomic E-state index is 13.1. The summed E-state index contributed by atoms with van der Waals surface area (Å²) in [6.07, 6.45) is 0.507. The number of nitrogens with one attached hydrogen (secondary N) is 3. The van der Waals surface area contributed by atoms with Crippen molar-refractivity contribution >= 4 is 17.8 Å². The standard InChI is InChI=1S/C17H22FN3O3/c1-17(2,3)9-13(10-4-6-11(18)7-5-10)19-14(22)8-12-15(23)21-16(24)20-12/h4-7,12-13H,8-9H2,1-3H3,(H,19,22)(H2,20,21,23,24). The number of rotatable bonds is 5. The van der Waals surface area contributed by atoms with E-state index >= 15 is 0 Å². The van der Waals surface area contributed by atoms with Crippen LogP contribution in [0.1, 0.15) is 45.2 Å². The third-order valence-electron chi connectivity index (χ3n) is 3.67. The van der Waals surface area contributed by atoms with Crippen molar-refractivity contribution in [3.8, 4) is 0 Å². The van der Waals surface area contributed by atoms with Gasteiger partial charge in [0.15, 0.2) is 0 Å². The molecule has 6 nitrogen and oxygen atoms in total. The molecule has 1 aromatic carbocycles. The fourth-order valence-corrected chi connectivity index (χ4v) is 2.60. The quantitative estimate of drug-likeness (QED) is 0.720. The second kappa shape index (κ2) is 6.98. The minimum absolute atomic E-state index is 0.0642. The van der Waals surface area contributed by atoms with Crippen LogP contribution in [0.2, 0.25) is 0 Å². The Morgan fingerprint density at radius 1 is 1.25 bits per heavy atom. The number of carbonyl (C=O) groups is 3. The zero-order valence-corrected chi connectivity index (χ0v) is 14.0. The van der Waals surface area contributed by atoms with E-state index in [1.54, 1.807) is 12.1 Å². The lowest BCUT2D eigenvalue weighted by Gasteiger charge is -2.27. The number of halogens is 1. The van der Waals surface area contributed by atoms with Gasteiger partial charge in [-0.2, -0.15) is 0 Å². The maximum Gasteiger partial charge on any atom is 0.322 e. The highest BCUT2D eigenvalue weighted by molar-refractivity contribution is 6.05. The summed E-state index contributed by atoms with van der Waals surface area (Å²) in [7, 11) is 0. The van der Waals surface area contributed by atoms with Crippen LogP contribution in [0.25, 0.3) is 0 Å². The van der Waals surface area contributed by atoms with Crippen molar-refractivity contribution in [3.63, 3.8) is 0 Å². The Balaban J connectivity index is 2.07. The Hall–Kier alpha value is -2.44. The first-order valence-electron chi connectivity index (χ1n) is 7.80. The largest absolute Gasteiger partial charge is 0.349 e. The normalized spacial score (nSPS) is 18.8. The first-order valence-corrected chi connectivity index (χ1v) is 7.80. The molecule has 0 aliphatic carbocycles. The molecular weight excluding hydrogens is 313 g/mol. The van der Waals surface area contributed by atoms with Crippen LogP contribution in [-0.2, 0) is 9.59 Å². The number of hydrogen-bond donors (Lipinski definition) is 3. The number of urea groups is 1. The van der Waals surface area contributed by atoms with E-state index in [9.17, 15) is 18.8 Å². The van der Waals surface area contributed by atoms with E-state index in [0.717, 1.165) is 5.56 Å². The molecule has 1 aromatic rings. The van der Waals surface area contributed by atoms with Crippen LogP contribution < -0.4 is 16.0 Å². The Labute approximate surface area is 140 Å². The molecule has 2 unspecified atom stereocenters. The van der Waals surface area contributed by atoms with E-state index in [0.29, 0.717) is 6.42 Å². The van der Waals surface area contributed by atoms with E-state index in [2.05, 4.69) is 16.0 Å².